The Kier molecular flexibility index (Phi) is 1.48. The molecule has 1 aromatic carbocycles. The Morgan fingerprint density at radius 2 is 2.20 bits per heavy atom. The van der Waals surface area contributed by atoms with Gasteiger partial charge in [0, 0.05) is 5.22 Å². The van der Waals surface area contributed by atoms with Gasteiger partial charge in [0.15, 0.2) is 0 Å². The first-order valence-corrected chi connectivity index (χ1v) is 4.69. The molecule has 4 heteroatoms. The summed E-state index contributed by atoms with van der Waals surface area (Å²) in [6.45, 7) is 0.606. The Labute approximate surface area is 85.4 Å². The van der Waals surface area contributed by atoms with Crippen molar-refractivity contribution in [2.75, 3.05) is 12.3 Å². The molecule has 2 heterocycles. The van der Waals surface area contributed by atoms with E-state index in [0.29, 0.717) is 23.2 Å². The largest absolute Gasteiger partial charge is 0.507 e. The van der Waals surface area contributed by atoms with E-state index in [9.17, 15) is 5.11 Å². The van der Waals surface area contributed by atoms with Crippen LogP contribution in [0, 0.1) is 0 Å². The lowest BCUT2D eigenvalue weighted by atomic mass is 10.1. The number of hydrogen-bond donors (Lipinski definition) is 2. The summed E-state index contributed by atoms with van der Waals surface area (Å²) < 4.78 is 0. The Morgan fingerprint density at radius 3 is 3.07 bits per heavy atom. The van der Waals surface area contributed by atoms with E-state index in [2.05, 4.69) is 9.98 Å². The van der Waals surface area contributed by atoms with Crippen LogP contribution in [0.4, 0.5) is 5.82 Å². The van der Waals surface area contributed by atoms with E-state index in [1.807, 2.05) is 12.1 Å². The molecule has 1 aliphatic rings. The molecule has 0 fully saturated rings. The molecular formula is C11H9N3O. The number of aromatic nitrogens is 1. The van der Waals surface area contributed by atoms with Crippen molar-refractivity contribution in [2.45, 2.75) is 0 Å². The molecule has 0 saturated carbocycles. The Morgan fingerprint density at radius 1 is 1.33 bits per heavy atom. The van der Waals surface area contributed by atoms with Crippen LogP contribution in [0.2, 0.25) is 0 Å². The maximum Gasteiger partial charge on any atom is 0.150 e. The Balaban J connectivity index is 2.70. The summed E-state index contributed by atoms with van der Waals surface area (Å²) in [5, 5.41) is 12.1. The van der Waals surface area contributed by atoms with E-state index >= 15 is 0 Å². The molecule has 0 unspecified atom stereocenters. The maximum atomic E-state index is 9.78. The monoisotopic (exact) mass is 199 g/mol. The number of nitrogens with zero attached hydrogens (tertiary/aromatic N) is 2. The summed E-state index contributed by atoms with van der Waals surface area (Å²) in [5.41, 5.74) is 6.49. The van der Waals surface area contributed by atoms with E-state index in [1.165, 1.54) is 0 Å². The van der Waals surface area contributed by atoms with E-state index in [-0.39, 0.29) is 5.75 Å². The molecule has 0 saturated heterocycles. The van der Waals surface area contributed by atoms with Crippen LogP contribution in [-0.2, 0) is 0 Å². The summed E-state index contributed by atoms with van der Waals surface area (Å²) in [4.78, 5) is 8.45. The minimum atomic E-state index is 0.226. The van der Waals surface area contributed by atoms with Crippen molar-refractivity contribution in [1.82, 2.24) is 4.98 Å². The average molecular weight is 199 g/mol. The molecule has 3 N–H and O–H groups in total. The normalized spacial score (nSPS) is 13.3. The van der Waals surface area contributed by atoms with Gasteiger partial charge in [0.1, 0.15) is 16.9 Å². The summed E-state index contributed by atoms with van der Waals surface area (Å²) >= 11 is 0. The molecule has 4 nitrogen and oxygen atoms in total. The van der Waals surface area contributed by atoms with Crippen molar-refractivity contribution in [3.63, 3.8) is 0 Å². The molecule has 0 radical (unpaired) electrons. The first kappa shape index (κ1) is 8.23. The first-order valence-electron chi connectivity index (χ1n) is 4.69. The lowest BCUT2D eigenvalue weighted by Crippen LogP contribution is -2.27. The molecular weight excluding hydrogens is 190 g/mol. The Bertz CT molecular complexity index is 676. The second-order valence-electron chi connectivity index (χ2n) is 3.48. The van der Waals surface area contributed by atoms with E-state index in [4.69, 9.17) is 5.73 Å². The van der Waals surface area contributed by atoms with Crippen molar-refractivity contribution in [3.8, 4) is 5.75 Å². The third-order valence-corrected chi connectivity index (χ3v) is 2.57. The fourth-order valence-corrected chi connectivity index (χ4v) is 1.93. The lowest BCUT2D eigenvalue weighted by Gasteiger charge is -2.01. The summed E-state index contributed by atoms with van der Waals surface area (Å²) in [6.07, 6.45) is 1.95. The minimum absolute atomic E-state index is 0.226. The van der Waals surface area contributed by atoms with Crippen molar-refractivity contribution in [3.05, 3.63) is 28.8 Å². The smallest absolute Gasteiger partial charge is 0.150 e. The van der Waals surface area contributed by atoms with Crippen molar-refractivity contribution >= 4 is 22.8 Å². The summed E-state index contributed by atoms with van der Waals surface area (Å²) in [6, 6.07) is 5.23. The quantitative estimate of drug-likeness (QED) is 0.624. The fourth-order valence-electron chi connectivity index (χ4n) is 1.93. The number of aromatic hydroxyl groups is 1. The molecule has 0 amide bonds. The van der Waals surface area contributed by atoms with Crippen molar-refractivity contribution in [1.29, 1.82) is 0 Å². The van der Waals surface area contributed by atoms with Crippen LogP contribution in [0.25, 0.3) is 17.0 Å². The van der Waals surface area contributed by atoms with Crippen LogP contribution in [0.5, 0.6) is 5.75 Å². The van der Waals surface area contributed by atoms with Crippen LogP contribution in [0.1, 0.15) is 0 Å². The second kappa shape index (κ2) is 2.70. The highest BCUT2D eigenvalue weighted by Gasteiger charge is 2.09. The Hall–Kier alpha value is -2.10. The van der Waals surface area contributed by atoms with Crippen LogP contribution in [0.15, 0.2) is 23.2 Å². The number of nitrogen functional groups attached to an aromatic ring is 1. The molecule has 0 atom stereocenters. The summed E-state index contributed by atoms with van der Waals surface area (Å²) in [5.74, 6) is 0.654. The number of fused-ring (bicyclic) bond motifs is 3. The highest BCUT2D eigenvalue weighted by atomic mass is 16.3. The average Bonchev–Trinajstić information content (AvgIpc) is 2.66. The third-order valence-electron chi connectivity index (χ3n) is 2.57. The van der Waals surface area contributed by atoms with Crippen LogP contribution in [-0.4, -0.2) is 16.6 Å². The highest BCUT2D eigenvalue weighted by molar-refractivity contribution is 5.87. The number of anilines is 1. The topological polar surface area (TPSA) is 71.5 Å². The molecule has 3 rings (SSSR count). The van der Waals surface area contributed by atoms with Crippen molar-refractivity contribution < 1.29 is 5.11 Å². The van der Waals surface area contributed by atoms with Gasteiger partial charge in [-0.25, -0.2) is 4.98 Å². The zero-order chi connectivity index (χ0) is 10.4. The predicted octanol–water partition coefficient (Wildman–Crippen LogP) is -0.0637. The van der Waals surface area contributed by atoms with E-state index < -0.39 is 0 Å². The molecule has 74 valence electrons. The standard InChI is InChI=1S/C11H9N3O/c12-11-10-6(4-5-13-10)9-7(14-11)2-1-3-8(9)15/h1-4,15H,5H2,(H2,12,14). The van der Waals surface area contributed by atoms with Gasteiger partial charge in [0.2, 0.25) is 0 Å². The molecule has 0 spiro atoms. The summed E-state index contributed by atoms with van der Waals surface area (Å²) in [7, 11) is 0. The third kappa shape index (κ3) is 1.01. The van der Waals surface area contributed by atoms with Gasteiger partial charge in [-0.05, 0) is 12.1 Å². The maximum absolute atomic E-state index is 9.78. The van der Waals surface area contributed by atoms with Gasteiger partial charge in [0.05, 0.1) is 17.4 Å². The van der Waals surface area contributed by atoms with Gasteiger partial charge in [-0.2, -0.15) is 0 Å². The molecule has 15 heavy (non-hydrogen) atoms. The van der Waals surface area contributed by atoms with E-state index in [0.717, 1.165) is 10.6 Å². The molecule has 0 bridgehead atoms. The zero-order valence-corrected chi connectivity index (χ0v) is 7.94. The molecule has 1 aliphatic heterocycles. The van der Waals surface area contributed by atoms with E-state index in [1.54, 1.807) is 12.1 Å². The number of benzene rings is 1. The molecule has 1 aromatic heterocycles. The van der Waals surface area contributed by atoms with Gasteiger partial charge in [0.25, 0.3) is 0 Å². The van der Waals surface area contributed by atoms with Crippen LogP contribution >= 0.6 is 0 Å². The number of hydrogen-bond acceptors (Lipinski definition) is 4. The number of rotatable bonds is 0. The SMILES string of the molecule is Nc1nc2cccc(O)c2c2c1=NCC=2. The van der Waals surface area contributed by atoms with Gasteiger partial charge in [-0.1, -0.05) is 12.1 Å². The zero-order valence-electron chi connectivity index (χ0n) is 7.94. The van der Waals surface area contributed by atoms with Crippen LogP contribution < -0.4 is 16.3 Å². The molecule has 2 aromatic rings. The fraction of sp³-hybridized carbons (Fsp3) is 0.0909. The minimum Gasteiger partial charge on any atom is -0.507 e. The van der Waals surface area contributed by atoms with Gasteiger partial charge >= 0.3 is 0 Å². The number of pyridine rings is 1. The molecule has 0 aliphatic carbocycles. The number of phenols is 1. The van der Waals surface area contributed by atoms with Gasteiger partial charge in [-0.3, -0.25) is 4.99 Å². The lowest BCUT2D eigenvalue weighted by molar-refractivity contribution is 0.481. The predicted molar refractivity (Wildman–Crippen MR) is 57.9 cm³/mol. The van der Waals surface area contributed by atoms with Gasteiger partial charge < -0.3 is 10.8 Å². The van der Waals surface area contributed by atoms with Crippen LogP contribution in [0.3, 0.4) is 0 Å². The number of phenolic OH excluding ortho intramolecular Hbond substituents is 1. The van der Waals surface area contributed by atoms with Crippen molar-refractivity contribution in [2.24, 2.45) is 4.99 Å². The first-order chi connectivity index (χ1) is 7.27. The highest BCUT2D eigenvalue weighted by Crippen LogP contribution is 2.19. The van der Waals surface area contributed by atoms with Gasteiger partial charge in [-0.15, -0.1) is 0 Å². The second-order valence-corrected chi connectivity index (χ2v) is 3.48. The number of nitrogens with two attached hydrogens (primary N) is 1.